The summed E-state index contributed by atoms with van der Waals surface area (Å²) in [5, 5.41) is 3.24. The smallest absolute Gasteiger partial charge is 0.260 e. The van der Waals surface area contributed by atoms with Crippen LogP contribution in [0.1, 0.15) is 25.1 Å². The van der Waals surface area contributed by atoms with Gasteiger partial charge in [0.1, 0.15) is 10.7 Å². The van der Waals surface area contributed by atoms with Gasteiger partial charge in [0.15, 0.2) is 0 Å². The van der Waals surface area contributed by atoms with Crippen LogP contribution in [-0.4, -0.2) is 40.7 Å². The number of aromatic nitrogens is 2. The standard InChI is InChI=1S/C21H22ClN3O2S/c22-16-6-2-1-5-14(16)15-12-28-21-19(15)20(26)23-18(24-21)11-25-8-7-17-13(10-25)4-3-9-27-17/h1-2,5-6,12-13,17H,3-4,7-11H2,(H,23,24,26). The monoisotopic (exact) mass is 415 g/mol. The number of aromatic amines is 1. The number of rotatable bonds is 3. The molecule has 5 nitrogen and oxygen atoms in total. The highest BCUT2D eigenvalue weighted by Gasteiger charge is 2.32. The van der Waals surface area contributed by atoms with Crippen LogP contribution in [0.15, 0.2) is 34.4 Å². The molecule has 28 heavy (non-hydrogen) atoms. The number of H-pyrrole nitrogens is 1. The Labute approximate surface area is 172 Å². The zero-order valence-electron chi connectivity index (χ0n) is 15.5. The Morgan fingerprint density at radius 1 is 1.29 bits per heavy atom. The minimum absolute atomic E-state index is 0.0907. The van der Waals surface area contributed by atoms with Crippen LogP contribution in [0.3, 0.4) is 0 Å². The highest BCUT2D eigenvalue weighted by atomic mass is 35.5. The molecule has 2 atom stereocenters. The number of hydrogen-bond donors (Lipinski definition) is 1. The van der Waals surface area contributed by atoms with Gasteiger partial charge in [-0.15, -0.1) is 11.3 Å². The molecule has 2 aromatic heterocycles. The number of likely N-dealkylation sites (tertiary alicyclic amines) is 1. The molecule has 0 spiro atoms. The highest BCUT2D eigenvalue weighted by molar-refractivity contribution is 7.17. The Balaban J connectivity index is 1.42. The zero-order valence-corrected chi connectivity index (χ0v) is 17.1. The van der Waals surface area contributed by atoms with Crippen LogP contribution in [0.5, 0.6) is 0 Å². The molecule has 0 bridgehead atoms. The third-order valence-corrected chi connectivity index (χ3v) is 7.03. The summed E-state index contributed by atoms with van der Waals surface area (Å²) in [7, 11) is 0. The topological polar surface area (TPSA) is 58.2 Å². The van der Waals surface area contributed by atoms with Crippen LogP contribution < -0.4 is 5.56 Å². The van der Waals surface area contributed by atoms with E-state index >= 15 is 0 Å². The summed E-state index contributed by atoms with van der Waals surface area (Å²) in [5.41, 5.74) is 1.63. The second-order valence-electron chi connectivity index (χ2n) is 7.66. The lowest BCUT2D eigenvalue weighted by atomic mass is 9.88. The fourth-order valence-electron chi connectivity index (χ4n) is 4.46. The number of fused-ring (bicyclic) bond motifs is 2. The van der Waals surface area contributed by atoms with Gasteiger partial charge >= 0.3 is 0 Å². The van der Waals surface area contributed by atoms with Crippen molar-refractivity contribution in [2.24, 2.45) is 5.92 Å². The van der Waals surface area contributed by atoms with Crippen molar-refractivity contribution in [3.63, 3.8) is 0 Å². The predicted octanol–water partition coefficient (Wildman–Crippen LogP) is 4.31. The van der Waals surface area contributed by atoms with E-state index in [0.29, 0.717) is 29.0 Å². The van der Waals surface area contributed by atoms with Crippen molar-refractivity contribution >= 4 is 33.2 Å². The Morgan fingerprint density at radius 2 is 2.18 bits per heavy atom. The minimum Gasteiger partial charge on any atom is -0.378 e. The van der Waals surface area contributed by atoms with Gasteiger partial charge in [-0.1, -0.05) is 29.8 Å². The van der Waals surface area contributed by atoms with E-state index < -0.39 is 0 Å². The lowest BCUT2D eigenvalue weighted by Gasteiger charge is -2.40. The largest absolute Gasteiger partial charge is 0.378 e. The van der Waals surface area contributed by atoms with E-state index in [2.05, 4.69) is 9.88 Å². The number of piperidine rings is 1. The van der Waals surface area contributed by atoms with Crippen molar-refractivity contribution in [1.82, 2.24) is 14.9 Å². The molecule has 0 aliphatic carbocycles. The highest BCUT2D eigenvalue weighted by Crippen LogP contribution is 2.35. The average Bonchev–Trinajstić information content (AvgIpc) is 3.12. The van der Waals surface area contributed by atoms with E-state index in [1.165, 1.54) is 17.8 Å². The van der Waals surface area contributed by atoms with Crippen molar-refractivity contribution in [2.45, 2.75) is 31.9 Å². The fourth-order valence-corrected chi connectivity index (χ4v) is 5.66. The van der Waals surface area contributed by atoms with Gasteiger partial charge in [-0.3, -0.25) is 9.69 Å². The van der Waals surface area contributed by atoms with Crippen LogP contribution in [0.25, 0.3) is 21.3 Å². The molecule has 2 aliphatic rings. The molecule has 0 amide bonds. The molecular formula is C21H22ClN3O2S. The zero-order chi connectivity index (χ0) is 19.1. The molecule has 4 heterocycles. The molecular weight excluding hydrogens is 394 g/mol. The summed E-state index contributed by atoms with van der Waals surface area (Å²) in [6, 6.07) is 7.60. The summed E-state index contributed by atoms with van der Waals surface area (Å²) in [5.74, 6) is 1.34. The quantitative estimate of drug-likeness (QED) is 0.692. The van der Waals surface area contributed by atoms with Crippen molar-refractivity contribution in [1.29, 1.82) is 0 Å². The summed E-state index contributed by atoms with van der Waals surface area (Å²) in [6.45, 7) is 3.58. The van der Waals surface area contributed by atoms with Gasteiger partial charge in [0, 0.05) is 41.2 Å². The van der Waals surface area contributed by atoms with Crippen LogP contribution in [0, 0.1) is 5.92 Å². The van der Waals surface area contributed by atoms with E-state index in [-0.39, 0.29) is 5.56 Å². The molecule has 1 N–H and O–H groups in total. The molecule has 2 fully saturated rings. The molecule has 3 aromatic rings. The van der Waals surface area contributed by atoms with Gasteiger partial charge in [-0.2, -0.15) is 0 Å². The fraction of sp³-hybridized carbons (Fsp3) is 0.429. The Bertz CT molecular complexity index is 1060. The van der Waals surface area contributed by atoms with Crippen molar-refractivity contribution < 1.29 is 4.74 Å². The third-order valence-electron chi connectivity index (χ3n) is 5.83. The van der Waals surface area contributed by atoms with Crippen molar-refractivity contribution in [2.75, 3.05) is 19.7 Å². The van der Waals surface area contributed by atoms with Crippen LogP contribution in [0.4, 0.5) is 0 Å². The molecule has 5 rings (SSSR count). The predicted molar refractivity (Wildman–Crippen MR) is 113 cm³/mol. The number of ether oxygens (including phenoxy) is 1. The molecule has 7 heteroatoms. The third kappa shape index (κ3) is 3.39. The molecule has 1 aromatic carbocycles. The van der Waals surface area contributed by atoms with Crippen molar-refractivity contribution in [3.05, 3.63) is 50.8 Å². The number of benzene rings is 1. The van der Waals surface area contributed by atoms with E-state index in [1.54, 1.807) is 0 Å². The van der Waals surface area contributed by atoms with Gasteiger partial charge in [0.25, 0.3) is 5.56 Å². The first-order valence-electron chi connectivity index (χ1n) is 9.78. The maximum atomic E-state index is 12.9. The summed E-state index contributed by atoms with van der Waals surface area (Å²) in [6.07, 6.45) is 3.86. The van der Waals surface area contributed by atoms with Crippen LogP contribution in [0.2, 0.25) is 5.02 Å². The summed E-state index contributed by atoms with van der Waals surface area (Å²) < 4.78 is 5.90. The normalized spacial score (nSPS) is 23.0. The average molecular weight is 416 g/mol. The number of nitrogens with zero attached hydrogens (tertiary/aromatic N) is 2. The molecule has 146 valence electrons. The Morgan fingerprint density at radius 3 is 3.07 bits per heavy atom. The van der Waals surface area contributed by atoms with Gasteiger partial charge < -0.3 is 9.72 Å². The summed E-state index contributed by atoms with van der Waals surface area (Å²) >= 11 is 7.84. The first-order valence-corrected chi connectivity index (χ1v) is 11.0. The first-order chi connectivity index (χ1) is 13.7. The lowest BCUT2D eigenvalue weighted by Crippen LogP contribution is -2.46. The second-order valence-corrected chi connectivity index (χ2v) is 8.92. The maximum absolute atomic E-state index is 12.9. The van der Waals surface area contributed by atoms with E-state index in [1.807, 2.05) is 29.6 Å². The lowest BCUT2D eigenvalue weighted by molar-refractivity contribution is -0.0679. The number of halogens is 1. The molecule has 0 radical (unpaired) electrons. The van der Waals surface area contributed by atoms with Crippen molar-refractivity contribution in [3.8, 4) is 11.1 Å². The number of nitrogens with one attached hydrogen (secondary N) is 1. The number of hydrogen-bond acceptors (Lipinski definition) is 5. The molecule has 2 unspecified atom stereocenters. The molecule has 2 saturated heterocycles. The SMILES string of the molecule is O=c1[nH]c(CN2CCC3OCCCC3C2)nc2scc(-c3ccccc3Cl)c12. The second kappa shape index (κ2) is 7.59. The van der Waals surface area contributed by atoms with E-state index in [9.17, 15) is 4.79 Å². The molecule has 2 aliphatic heterocycles. The first kappa shape index (κ1) is 18.3. The van der Waals surface area contributed by atoms with E-state index in [4.69, 9.17) is 21.3 Å². The maximum Gasteiger partial charge on any atom is 0.260 e. The van der Waals surface area contributed by atoms with Gasteiger partial charge in [-0.25, -0.2) is 4.98 Å². The van der Waals surface area contributed by atoms with E-state index in [0.717, 1.165) is 54.3 Å². The number of thiophene rings is 1. The summed E-state index contributed by atoms with van der Waals surface area (Å²) in [4.78, 5) is 23.8. The van der Waals surface area contributed by atoms with Crippen LogP contribution >= 0.6 is 22.9 Å². The van der Waals surface area contributed by atoms with Crippen LogP contribution in [-0.2, 0) is 11.3 Å². The van der Waals surface area contributed by atoms with Gasteiger partial charge in [0.05, 0.1) is 18.0 Å². The Hall–Kier alpha value is -1.73. The van der Waals surface area contributed by atoms with Gasteiger partial charge in [-0.05, 0) is 31.2 Å². The van der Waals surface area contributed by atoms with Gasteiger partial charge in [0.2, 0.25) is 0 Å². The molecule has 0 saturated carbocycles. The minimum atomic E-state index is -0.0907. The Kier molecular flexibility index (Phi) is 4.97.